The number of nitrogens with one attached hydrogen (secondary N) is 1. The second-order valence-corrected chi connectivity index (χ2v) is 8.12. The van der Waals surface area contributed by atoms with Gasteiger partial charge in [0.25, 0.3) is 0 Å². The lowest BCUT2D eigenvalue weighted by atomic mass is 10.0. The van der Waals surface area contributed by atoms with E-state index in [4.69, 9.17) is 4.98 Å². The summed E-state index contributed by atoms with van der Waals surface area (Å²) in [5.74, 6) is 1.02. The zero-order valence-electron chi connectivity index (χ0n) is 19.0. The maximum absolute atomic E-state index is 13.4. The van der Waals surface area contributed by atoms with Crippen LogP contribution in [0.1, 0.15) is 11.3 Å². The Balaban J connectivity index is 1.54. The monoisotopic (exact) mass is 463 g/mol. The van der Waals surface area contributed by atoms with Crippen LogP contribution in [0.2, 0.25) is 0 Å². The highest BCUT2D eigenvalue weighted by atomic mass is 19.1. The van der Waals surface area contributed by atoms with Gasteiger partial charge in [-0.3, -0.25) is 4.98 Å². The van der Waals surface area contributed by atoms with Gasteiger partial charge in [-0.05, 0) is 60.5 Å². The van der Waals surface area contributed by atoms with Crippen molar-refractivity contribution in [2.24, 2.45) is 0 Å². The first-order valence-electron chi connectivity index (χ1n) is 11.1. The lowest BCUT2D eigenvalue weighted by Crippen LogP contribution is -2.05. The van der Waals surface area contributed by atoms with E-state index in [1.54, 1.807) is 42.7 Å². The second-order valence-electron chi connectivity index (χ2n) is 8.12. The first kappa shape index (κ1) is 22.2. The van der Waals surface area contributed by atoms with Gasteiger partial charge in [-0.2, -0.15) is 0 Å². The van der Waals surface area contributed by atoms with E-state index in [1.807, 2.05) is 43.3 Å². The maximum atomic E-state index is 13.4. The van der Waals surface area contributed by atoms with E-state index in [0.717, 1.165) is 27.9 Å². The fraction of sp³-hybridized carbons (Fsp3) is 0.0714. The van der Waals surface area contributed by atoms with Gasteiger partial charge in [0.2, 0.25) is 0 Å². The van der Waals surface area contributed by atoms with Gasteiger partial charge in [0, 0.05) is 41.8 Å². The molecule has 5 rings (SSSR count). The number of rotatable bonds is 6. The zero-order valence-corrected chi connectivity index (χ0v) is 19.0. The minimum Gasteiger partial charge on any atom is -0.508 e. The van der Waals surface area contributed by atoms with Crippen LogP contribution >= 0.6 is 0 Å². The number of aromatic hydroxyl groups is 1. The first-order chi connectivity index (χ1) is 17.0. The average molecular weight is 464 g/mol. The Kier molecular flexibility index (Phi) is 6.13. The van der Waals surface area contributed by atoms with Crippen molar-refractivity contribution in [1.82, 2.24) is 19.9 Å². The van der Waals surface area contributed by atoms with Crippen LogP contribution in [0.25, 0.3) is 33.9 Å². The summed E-state index contributed by atoms with van der Waals surface area (Å²) in [5, 5.41) is 13.1. The molecule has 3 aromatic heterocycles. The summed E-state index contributed by atoms with van der Waals surface area (Å²) in [6.45, 7) is 2.39. The van der Waals surface area contributed by atoms with E-state index in [1.165, 1.54) is 12.1 Å². The molecule has 0 saturated heterocycles. The Morgan fingerprint density at radius 3 is 2.37 bits per heavy atom. The molecule has 172 valence electrons. The molecule has 0 aliphatic heterocycles. The molecule has 7 heteroatoms. The summed E-state index contributed by atoms with van der Waals surface area (Å²) in [6, 6.07) is 22.9. The number of phenolic OH excluding ortho intramolecular Hbond substituents is 1. The van der Waals surface area contributed by atoms with Crippen molar-refractivity contribution >= 4 is 5.82 Å². The van der Waals surface area contributed by atoms with E-state index < -0.39 is 0 Å². The van der Waals surface area contributed by atoms with Crippen molar-refractivity contribution in [2.75, 3.05) is 5.32 Å². The average Bonchev–Trinajstić information content (AvgIpc) is 2.88. The van der Waals surface area contributed by atoms with Gasteiger partial charge < -0.3 is 10.4 Å². The van der Waals surface area contributed by atoms with Gasteiger partial charge in [-0.15, -0.1) is 0 Å². The fourth-order valence-electron chi connectivity index (χ4n) is 3.71. The Hall–Kier alpha value is -4.65. The zero-order chi connectivity index (χ0) is 24.2. The van der Waals surface area contributed by atoms with Crippen LogP contribution in [-0.4, -0.2) is 25.0 Å². The van der Waals surface area contributed by atoms with Crippen molar-refractivity contribution in [2.45, 2.75) is 13.5 Å². The van der Waals surface area contributed by atoms with Crippen LogP contribution in [-0.2, 0) is 6.54 Å². The number of pyridine rings is 2. The standard InChI is InChI=1S/C28H22FN5O/c1-18-4-2-7-25(32-18)28-33-26(14-27(34-28)31-15-19-5-3-6-24(35)12-19)22-13-21(16-30-17-22)20-8-10-23(29)11-9-20/h2-14,16-17,35H,15H2,1H3,(H,31,33,34). The second kappa shape index (κ2) is 9.69. The number of hydrogen-bond donors (Lipinski definition) is 2. The molecule has 35 heavy (non-hydrogen) atoms. The Labute approximate surface area is 202 Å². The van der Waals surface area contributed by atoms with Gasteiger partial charge >= 0.3 is 0 Å². The fourth-order valence-corrected chi connectivity index (χ4v) is 3.71. The molecule has 6 nitrogen and oxygen atoms in total. The van der Waals surface area contributed by atoms with Crippen LogP contribution in [0.3, 0.4) is 0 Å². The molecule has 0 aliphatic carbocycles. The molecule has 0 unspecified atom stereocenters. The molecule has 0 saturated carbocycles. The third kappa shape index (κ3) is 5.30. The quantitative estimate of drug-likeness (QED) is 0.320. The number of halogens is 1. The third-order valence-electron chi connectivity index (χ3n) is 5.44. The van der Waals surface area contributed by atoms with Crippen molar-refractivity contribution < 1.29 is 9.50 Å². The summed E-state index contributed by atoms with van der Waals surface area (Å²) < 4.78 is 13.4. The van der Waals surface area contributed by atoms with Crippen molar-refractivity contribution in [3.05, 3.63) is 108 Å². The predicted molar refractivity (Wildman–Crippen MR) is 134 cm³/mol. The Morgan fingerprint density at radius 2 is 1.57 bits per heavy atom. The number of hydrogen-bond acceptors (Lipinski definition) is 6. The highest BCUT2D eigenvalue weighted by molar-refractivity contribution is 5.72. The Bertz CT molecular complexity index is 1490. The molecule has 0 spiro atoms. The van der Waals surface area contributed by atoms with E-state index in [9.17, 15) is 9.50 Å². The normalized spacial score (nSPS) is 10.8. The van der Waals surface area contributed by atoms with Crippen LogP contribution in [0, 0.1) is 12.7 Å². The largest absolute Gasteiger partial charge is 0.508 e. The van der Waals surface area contributed by atoms with E-state index in [2.05, 4.69) is 20.3 Å². The molecule has 0 aliphatic rings. The SMILES string of the molecule is Cc1cccc(-c2nc(NCc3cccc(O)c3)cc(-c3cncc(-c4ccc(F)cc4)c3)n2)n1. The number of benzene rings is 2. The van der Waals surface area contributed by atoms with E-state index in [0.29, 0.717) is 29.6 Å². The van der Waals surface area contributed by atoms with Crippen LogP contribution in [0.5, 0.6) is 5.75 Å². The number of anilines is 1. The molecular weight excluding hydrogens is 441 g/mol. The molecule has 0 bridgehead atoms. The van der Waals surface area contributed by atoms with Crippen LogP contribution in [0.4, 0.5) is 10.2 Å². The topological polar surface area (TPSA) is 83.8 Å². The van der Waals surface area contributed by atoms with Gasteiger partial charge in [-0.1, -0.05) is 30.3 Å². The summed E-state index contributed by atoms with van der Waals surface area (Å²) in [6.07, 6.45) is 3.48. The highest BCUT2D eigenvalue weighted by Crippen LogP contribution is 2.28. The molecule has 0 atom stereocenters. The minimum absolute atomic E-state index is 0.209. The molecule has 0 amide bonds. The summed E-state index contributed by atoms with van der Waals surface area (Å²) in [4.78, 5) is 18.4. The number of aryl methyl sites for hydroxylation is 1. The molecule has 5 aromatic rings. The summed E-state index contributed by atoms with van der Waals surface area (Å²) >= 11 is 0. The lowest BCUT2D eigenvalue weighted by molar-refractivity contribution is 0.474. The molecule has 0 fully saturated rings. The highest BCUT2D eigenvalue weighted by Gasteiger charge is 2.12. The van der Waals surface area contributed by atoms with E-state index in [-0.39, 0.29) is 11.6 Å². The molecule has 2 N–H and O–H groups in total. The van der Waals surface area contributed by atoms with Crippen molar-refractivity contribution in [1.29, 1.82) is 0 Å². The smallest absolute Gasteiger partial charge is 0.180 e. The lowest BCUT2D eigenvalue weighted by Gasteiger charge is -2.11. The molecular formula is C28H22FN5O. The Morgan fingerprint density at radius 1 is 0.771 bits per heavy atom. The van der Waals surface area contributed by atoms with Gasteiger partial charge in [0.1, 0.15) is 23.1 Å². The summed E-state index contributed by atoms with van der Waals surface area (Å²) in [7, 11) is 0. The van der Waals surface area contributed by atoms with Crippen molar-refractivity contribution in [3.63, 3.8) is 0 Å². The van der Waals surface area contributed by atoms with Crippen LogP contribution < -0.4 is 5.32 Å². The minimum atomic E-state index is -0.286. The third-order valence-corrected chi connectivity index (χ3v) is 5.44. The first-order valence-corrected chi connectivity index (χ1v) is 11.1. The van der Waals surface area contributed by atoms with Gasteiger partial charge in [0.05, 0.1) is 5.69 Å². The number of phenols is 1. The molecule has 0 radical (unpaired) electrons. The number of aromatic nitrogens is 4. The van der Waals surface area contributed by atoms with Gasteiger partial charge in [-0.25, -0.2) is 19.3 Å². The van der Waals surface area contributed by atoms with E-state index >= 15 is 0 Å². The predicted octanol–water partition coefficient (Wildman–Crippen LogP) is 6.03. The summed E-state index contributed by atoms with van der Waals surface area (Å²) in [5.41, 5.74) is 5.63. The van der Waals surface area contributed by atoms with Gasteiger partial charge in [0.15, 0.2) is 5.82 Å². The molecule has 3 heterocycles. The van der Waals surface area contributed by atoms with Crippen LogP contribution in [0.15, 0.2) is 91.3 Å². The van der Waals surface area contributed by atoms with Crippen molar-refractivity contribution in [3.8, 4) is 39.7 Å². The number of nitrogens with zero attached hydrogens (tertiary/aromatic N) is 4. The maximum Gasteiger partial charge on any atom is 0.180 e. The molecule has 2 aromatic carbocycles.